The SMILES string of the molecule is O=C(Cn1c(=O)c(-c2ccccc2)nc2ccccc21)Nc1ccc(Cl)cc1. The van der Waals surface area contributed by atoms with Gasteiger partial charge in [0.25, 0.3) is 5.56 Å². The third-order valence-electron chi connectivity index (χ3n) is 4.33. The van der Waals surface area contributed by atoms with Crippen LogP contribution >= 0.6 is 11.6 Å². The Labute approximate surface area is 166 Å². The molecule has 0 saturated carbocycles. The molecule has 3 aromatic carbocycles. The van der Waals surface area contributed by atoms with Crippen molar-refractivity contribution in [2.75, 3.05) is 5.32 Å². The van der Waals surface area contributed by atoms with Crippen molar-refractivity contribution in [1.29, 1.82) is 0 Å². The van der Waals surface area contributed by atoms with Crippen LogP contribution in [0.4, 0.5) is 5.69 Å². The van der Waals surface area contributed by atoms with Crippen LogP contribution in [0.3, 0.4) is 0 Å². The number of nitrogens with one attached hydrogen (secondary N) is 1. The zero-order chi connectivity index (χ0) is 19.5. The molecule has 0 unspecified atom stereocenters. The second-order valence-electron chi connectivity index (χ2n) is 6.26. The van der Waals surface area contributed by atoms with Gasteiger partial charge in [-0.2, -0.15) is 0 Å². The molecule has 0 atom stereocenters. The van der Waals surface area contributed by atoms with Gasteiger partial charge in [0.2, 0.25) is 5.91 Å². The number of carbonyl (C=O) groups excluding carboxylic acids is 1. The first kappa shape index (κ1) is 17.9. The lowest BCUT2D eigenvalue weighted by molar-refractivity contribution is -0.116. The average molecular weight is 390 g/mol. The lowest BCUT2D eigenvalue weighted by atomic mass is 10.1. The van der Waals surface area contributed by atoms with E-state index >= 15 is 0 Å². The van der Waals surface area contributed by atoms with Crippen molar-refractivity contribution in [3.8, 4) is 11.3 Å². The highest BCUT2D eigenvalue weighted by Crippen LogP contribution is 2.18. The Bertz CT molecular complexity index is 1200. The van der Waals surface area contributed by atoms with Crippen LogP contribution < -0.4 is 10.9 Å². The lowest BCUT2D eigenvalue weighted by Gasteiger charge is -2.12. The summed E-state index contributed by atoms with van der Waals surface area (Å²) in [6.45, 7) is -0.121. The Hall–Kier alpha value is -3.44. The minimum Gasteiger partial charge on any atom is -0.325 e. The molecule has 0 aliphatic heterocycles. The largest absolute Gasteiger partial charge is 0.325 e. The number of amides is 1. The molecule has 0 saturated heterocycles. The fourth-order valence-corrected chi connectivity index (χ4v) is 3.14. The van der Waals surface area contributed by atoms with Gasteiger partial charge >= 0.3 is 0 Å². The molecule has 138 valence electrons. The summed E-state index contributed by atoms with van der Waals surface area (Å²) in [4.78, 5) is 30.2. The maximum atomic E-state index is 13.1. The van der Waals surface area contributed by atoms with Gasteiger partial charge in [0, 0.05) is 16.3 Å². The Morgan fingerprint density at radius 1 is 0.929 bits per heavy atom. The molecule has 0 bridgehead atoms. The van der Waals surface area contributed by atoms with Crippen LogP contribution in [0, 0.1) is 0 Å². The van der Waals surface area contributed by atoms with E-state index in [0.717, 1.165) is 0 Å². The van der Waals surface area contributed by atoms with Gasteiger partial charge in [-0.15, -0.1) is 0 Å². The van der Waals surface area contributed by atoms with Crippen molar-refractivity contribution >= 4 is 34.2 Å². The van der Waals surface area contributed by atoms with Gasteiger partial charge in [0.15, 0.2) is 0 Å². The molecule has 4 aromatic rings. The van der Waals surface area contributed by atoms with Crippen molar-refractivity contribution in [3.05, 3.63) is 94.2 Å². The fourth-order valence-electron chi connectivity index (χ4n) is 3.01. The van der Waals surface area contributed by atoms with Crippen LogP contribution in [0.1, 0.15) is 0 Å². The maximum Gasteiger partial charge on any atom is 0.278 e. The van der Waals surface area contributed by atoms with E-state index in [4.69, 9.17) is 11.6 Å². The zero-order valence-electron chi connectivity index (χ0n) is 14.8. The van der Waals surface area contributed by atoms with Gasteiger partial charge in [-0.25, -0.2) is 4.98 Å². The van der Waals surface area contributed by atoms with Gasteiger partial charge in [0.1, 0.15) is 12.2 Å². The van der Waals surface area contributed by atoms with Crippen molar-refractivity contribution in [2.24, 2.45) is 0 Å². The van der Waals surface area contributed by atoms with Crippen LogP contribution in [0.5, 0.6) is 0 Å². The summed E-state index contributed by atoms with van der Waals surface area (Å²) in [6.07, 6.45) is 0. The number of rotatable bonds is 4. The predicted molar refractivity (Wildman–Crippen MR) is 112 cm³/mol. The number of hydrogen-bond acceptors (Lipinski definition) is 3. The first-order valence-electron chi connectivity index (χ1n) is 8.72. The normalized spacial score (nSPS) is 10.8. The predicted octanol–water partition coefficient (Wildman–Crippen LogP) is 4.36. The first-order chi connectivity index (χ1) is 13.6. The molecule has 0 aliphatic carbocycles. The highest BCUT2D eigenvalue weighted by molar-refractivity contribution is 6.30. The monoisotopic (exact) mass is 389 g/mol. The Kier molecular flexibility index (Phi) is 4.91. The summed E-state index contributed by atoms with van der Waals surface area (Å²) in [7, 11) is 0. The summed E-state index contributed by atoms with van der Waals surface area (Å²) in [6, 6.07) is 23.3. The van der Waals surface area contributed by atoms with Gasteiger partial charge in [-0.05, 0) is 36.4 Å². The molecule has 5 nitrogen and oxygen atoms in total. The molecular formula is C22H16ClN3O2. The third kappa shape index (κ3) is 3.66. The minimum atomic E-state index is -0.309. The Balaban J connectivity index is 1.75. The summed E-state index contributed by atoms with van der Waals surface area (Å²) >= 11 is 5.87. The van der Waals surface area contributed by atoms with Gasteiger partial charge in [-0.3, -0.25) is 14.2 Å². The fraction of sp³-hybridized carbons (Fsp3) is 0.0455. The first-order valence-corrected chi connectivity index (χ1v) is 9.10. The van der Waals surface area contributed by atoms with Crippen molar-refractivity contribution in [3.63, 3.8) is 0 Å². The average Bonchev–Trinajstić information content (AvgIpc) is 2.72. The van der Waals surface area contributed by atoms with Gasteiger partial charge in [-0.1, -0.05) is 54.1 Å². The van der Waals surface area contributed by atoms with Crippen LogP contribution in [-0.4, -0.2) is 15.5 Å². The molecule has 1 N–H and O–H groups in total. The molecule has 28 heavy (non-hydrogen) atoms. The molecule has 4 rings (SSSR count). The number of anilines is 1. The number of hydrogen-bond donors (Lipinski definition) is 1. The second kappa shape index (κ2) is 7.66. The van der Waals surface area contributed by atoms with E-state index < -0.39 is 0 Å². The number of fused-ring (bicyclic) bond motifs is 1. The van der Waals surface area contributed by atoms with Crippen LogP contribution in [0.15, 0.2) is 83.7 Å². The topological polar surface area (TPSA) is 64.0 Å². The zero-order valence-corrected chi connectivity index (χ0v) is 15.6. The quantitative estimate of drug-likeness (QED) is 0.564. The smallest absolute Gasteiger partial charge is 0.278 e. The third-order valence-corrected chi connectivity index (χ3v) is 4.58. The van der Waals surface area contributed by atoms with E-state index in [1.807, 2.05) is 48.5 Å². The minimum absolute atomic E-state index is 0.121. The molecule has 0 radical (unpaired) electrons. The molecule has 1 aromatic heterocycles. The highest BCUT2D eigenvalue weighted by Gasteiger charge is 2.15. The Morgan fingerprint density at radius 2 is 1.61 bits per heavy atom. The number of aromatic nitrogens is 2. The van der Waals surface area contributed by atoms with E-state index in [9.17, 15) is 9.59 Å². The van der Waals surface area contributed by atoms with Crippen LogP contribution in [0.2, 0.25) is 5.02 Å². The molecule has 1 heterocycles. The highest BCUT2D eigenvalue weighted by atomic mass is 35.5. The summed E-state index contributed by atoms with van der Waals surface area (Å²) in [5.41, 5.74) is 2.60. The molecule has 0 spiro atoms. The molecule has 6 heteroatoms. The van der Waals surface area contributed by atoms with E-state index in [0.29, 0.717) is 33.0 Å². The number of nitrogens with zero attached hydrogens (tertiary/aromatic N) is 2. The molecule has 0 aliphatic rings. The number of halogens is 1. The van der Waals surface area contributed by atoms with Crippen LogP contribution in [0.25, 0.3) is 22.3 Å². The van der Waals surface area contributed by atoms with Crippen LogP contribution in [-0.2, 0) is 11.3 Å². The van der Waals surface area contributed by atoms with E-state index in [-0.39, 0.29) is 18.0 Å². The summed E-state index contributed by atoms with van der Waals surface area (Å²) in [5, 5.41) is 3.38. The van der Waals surface area contributed by atoms with Crippen molar-refractivity contribution < 1.29 is 4.79 Å². The van der Waals surface area contributed by atoms with E-state index in [1.165, 1.54) is 4.57 Å². The van der Waals surface area contributed by atoms with Gasteiger partial charge < -0.3 is 5.32 Å². The lowest BCUT2D eigenvalue weighted by Crippen LogP contribution is -2.29. The second-order valence-corrected chi connectivity index (χ2v) is 6.70. The summed E-state index contributed by atoms with van der Waals surface area (Å²) in [5.74, 6) is -0.306. The van der Waals surface area contributed by atoms with Crippen molar-refractivity contribution in [2.45, 2.75) is 6.54 Å². The number of benzene rings is 3. The Morgan fingerprint density at radius 3 is 2.36 bits per heavy atom. The van der Waals surface area contributed by atoms with E-state index in [2.05, 4.69) is 10.3 Å². The van der Waals surface area contributed by atoms with Gasteiger partial charge in [0.05, 0.1) is 11.0 Å². The van der Waals surface area contributed by atoms with Crippen molar-refractivity contribution in [1.82, 2.24) is 9.55 Å². The maximum absolute atomic E-state index is 13.1. The number of para-hydroxylation sites is 2. The molecular weight excluding hydrogens is 374 g/mol. The summed E-state index contributed by atoms with van der Waals surface area (Å²) < 4.78 is 1.45. The number of carbonyl (C=O) groups is 1. The molecule has 0 fully saturated rings. The standard InChI is InChI=1S/C22H16ClN3O2/c23-16-10-12-17(13-11-16)24-20(27)14-26-19-9-5-4-8-18(19)25-21(22(26)28)15-6-2-1-3-7-15/h1-13H,14H2,(H,24,27). The van der Waals surface area contributed by atoms with E-state index in [1.54, 1.807) is 30.3 Å². The molecule has 1 amide bonds.